The van der Waals surface area contributed by atoms with Gasteiger partial charge in [-0.25, -0.2) is 4.39 Å². The number of hydrogen-bond donors (Lipinski definition) is 0. The summed E-state index contributed by atoms with van der Waals surface area (Å²) in [4.78, 5) is 0. The molecular weight excluding hydrogens is 240 g/mol. The van der Waals surface area contributed by atoms with E-state index in [2.05, 4.69) is 4.74 Å². The van der Waals surface area contributed by atoms with Gasteiger partial charge in [-0.15, -0.1) is 0 Å². The Balaban J connectivity index is 2.29. The van der Waals surface area contributed by atoms with Gasteiger partial charge in [0, 0.05) is 0 Å². The van der Waals surface area contributed by atoms with E-state index in [1.807, 2.05) is 0 Å². The van der Waals surface area contributed by atoms with Crippen molar-refractivity contribution in [1.82, 2.24) is 0 Å². The van der Waals surface area contributed by atoms with E-state index in [1.165, 1.54) is 6.07 Å². The van der Waals surface area contributed by atoms with E-state index in [0.29, 0.717) is 5.56 Å². The summed E-state index contributed by atoms with van der Waals surface area (Å²) >= 11 is 0. The topological polar surface area (TPSA) is 18.5 Å². The second-order valence-corrected chi connectivity index (χ2v) is 3.40. The fraction of sp³-hybridized carbons (Fsp3) is 0.455. The predicted octanol–water partition coefficient (Wildman–Crippen LogP) is 3.09. The normalized spacial score (nSPS) is 11.6. The monoisotopic (exact) mass is 252 g/mol. The fourth-order valence-corrected chi connectivity index (χ4v) is 1.13. The summed E-state index contributed by atoms with van der Waals surface area (Å²) in [6.45, 7) is -0.127. The molecule has 0 aliphatic carbocycles. The molecule has 96 valence electrons. The molecule has 6 heteroatoms. The SMILES string of the molecule is Cc1cccc(OCCOCC(F)(F)F)c1F. The maximum Gasteiger partial charge on any atom is 0.411 e. The molecule has 1 aromatic rings. The van der Waals surface area contributed by atoms with Crippen LogP contribution in [0.15, 0.2) is 18.2 Å². The van der Waals surface area contributed by atoms with Crippen LogP contribution in [0.2, 0.25) is 0 Å². The zero-order chi connectivity index (χ0) is 12.9. The summed E-state index contributed by atoms with van der Waals surface area (Å²) in [7, 11) is 0. The third-order valence-corrected chi connectivity index (χ3v) is 1.91. The highest BCUT2D eigenvalue weighted by Gasteiger charge is 2.27. The Morgan fingerprint density at radius 1 is 1.18 bits per heavy atom. The second-order valence-electron chi connectivity index (χ2n) is 3.40. The van der Waals surface area contributed by atoms with Crippen molar-refractivity contribution in [2.24, 2.45) is 0 Å². The van der Waals surface area contributed by atoms with E-state index in [1.54, 1.807) is 19.1 Å². The van der Waals surface area contributed by atoms with Crippen molar-refractivity contribution in [3.05, 3.63) is 29.6 Å². The minimum atomic E-state index is -4.35. The molecule has 0 radical (unpaired) electrons. The van der Waals surface area contributed by atoms with Crippen LogP contribution in [0.4, 0.5) is 17.6 Å². The molecule has 0 amide bonds. The van der Waals surface area contributed by atoms with Crippen LogP contribution in [0, 0.1) is 12.7 Å². The van der Waals surface area contributed by atoms with E-state index in [0.717, 1.165) is 0 Å². The van der Waals surface area contributed by atoms with Gasteiger partial charge < -0.3 is 9.47 Å². The molecule has 0 spiro atoms. The first-order chi connectivity index (χ1) is 7.90. The van der Waals surface area contributed by atoms with Crippen LogP contribution in [-0.2, 0) is 4.74 Å². The molecule has 0 saturated heterocycles. The molecule has 1 rings (SSSR count). The van der Waals surface area contributed by atoms with Crippen LogP contribution >= 0.6 is 0 Å². The molecule has 0 aliphatic rings. The Hall–Kier alpha value is -1.30. The summed E-state index contributed by atoms with van der Waals surface area (Å²) in [5, 5.41) is 0. The average molecular weight is 252 g/mol. The standard InChI is InChI=1S/C11H12F4O2/c1-8-3-2-4-9(10(8)12)17-6-5-16-7-11(13,14)15/h2-4H,5-7H2,1H3. The first kappa shape index (κ1) is 13.8. The van der Waals surface area contributed by atoms with Gasteiger partial charge in [0.2, 0.25) is 0 Å². The van der Waals surface area contributed by atoms with Crippen molar-refractivity contribution >= 4 is 0 Å². The van der Waals surface area contributed by atoms with Crippen molar-refractivity contribution in [2.75, 3.05) is 19.8 Å². The van der Waals surface area contributed by atoms with Gasteiger partial charge in [-0.3, -0.25) is 0 Å². The highest BCUT2D eigenvalue weighted by molar-refractivity contribution is 5.29. The number of aryl methyl sites for hydroxylation is 1. The first-order valence-corrected chi connectivity index (χ1v) is 4.92. The summed E-state index contributed by atoms with van der Waals surface area (Å²) < 4.78 is 57.7. The van der Waals surface area contributed by atoms with Gasteiger partial charge in [-0.1, -0.05) is 12.1 Å². The molecule has 0 aliphatic heterocycles. The average Bonchev–Trinajstić information content (AvgIpc) is 2.22. The third kappa shape index (κ3) is 5.04. The highest BCUT2D eigenvalue weighted by Crippen LogP contribution is 2.19. The van der Waals surface area contributed by atoms with Gasteiger partial charge in [-0.2, -0.15) is 13.2 Å². The Bertz CT molecular complexity index is 363. The van der Waals surface area contributed by atoms with Crippen LogP contribution in [0.3, 0.4) is 0 Å². The predicted molar refractivity (Wildman–Crippen MR) is 53.5 cm³/mol. The van der Waals surface area contributed by atoms with Crippen LogP contribution in [0.25, 0.3) is 0 Å². The maximum atomic E-state index is 13.4. The van der Waals surface area contributed by atoms with Gasteiger partial charge in [-0.05, 0) is 18.6 Å². The Labute approximate surface area is 96.1 Å². The molecule has 0 aromatic heterocycles. The van der Waals surface area contributed by atoms with Crippen molar-refractivity contribution in [3.8, 4) is 5.75 Å². The zero-order valence-corrected chi connectivity index (χ0v) is 9.18. The molecule has 0 unspecified atom stereocenters. The minimum Gasteiger partial charge on any atom is -0.488 e. The number of benzene rings is 1. The van der Waals surface area contributed by atoms with Gasteiger partial charge in [0.15, 0.2) is 11.6 Å². The molecule has 2 nitrogen and oxygen atoms in total. The maximum absolute atomic E-state index is 13.4. The summed E-state index contributed by atoms with van der Waals surface area (Å²) in [5.41, 5.74) is 0.415. The minimum absolute atomic E-state index is 0.0145. The lowest BCUT2D eigenvalue weighted by Gasteiger charge is -2.10. The van der Waals surface area contributed by atoms with Crippen LogP contribution < -0.4 is 4.74 Å². The number of ether oxygens (including phenoxy) is 2. The molecular formula is C11H12F4O2. The number of hydrogen-bond acceptors (Lipinski definition) is 2. The largest absolute Gasteiger partial charge is 0.488 e. The second kappa shape index (κ2) is 5.86. The van der Waals surface area contributed by atoms with E-state index < -0.39 is 18.6 Å². The molecule has 1 aromatic carbocycles. The lowest BCUT2D eigenvalue weighted by molar-refractivity contribution is -0.175. The number of alkyl halides is 3. The van der Waals surface area contributed by atoms with Crippen molar-refractivity contribution in [2.45, 2.75) is 13.1 Å². The number of halogens is 4. The van der Waals surface area contributed by atoms with Crippen molar-refractivity contribution in [3.63, 3.8) is 0 Å². The van der Waals surface area contributed by atoms with Crippen LogP contribution in [0.5, 0.6) is 5.75 Å². The van der Waals surface area contributed by atoms with E-state index in [4.69, 9.17) is 4.74 Å². The smallest absolute Gasteiger partial charge is 0.411 e. The van der Waals surface area contributed by atoms with Gasteiger partial charge in [0.1, 0.15) is 13.2 Å². The summed E-state index contributed by atoms with van der Waals surface area (Å²) in [5.74, 6) is -0.496. The van der Waals surface area contributed by atoms with Gasteiger partial charge in [0.25, 0.3) is 0 Å². The first-order valence-electron chi connectivity index (χ1n) is 4.92. The van der Waals surface area contributed by atoms with E-state index in [-0.39, 0.29) is 19.0 Å². The summed E-state index contributed by atoms with van der Waals surface area (Å²) in [6.07, 6.45) is -4.35. The highest BCUT2D eigenvalue weighted by atomic mass is 19.4. The quantitative estimate of drug-likeness (QED) is 0.592. The molecule has 0 heterocycles. The van der Waals surface area contributed by atoms with E-state index in [9.17, 15) is 17.6 Å². The molecule has 17 heavy (non-hydrogen) atoms. The van der Waals surface area contributed by atoms with Crippen molar-refractivity contribution < 1.29 is 27.0 Å². The molecule has 0 fully saturated rings. The molecule has 0 N–H and O–H groups in total. The molecule has 0 atom stereocenters. The molecule has 0 bridgehead atoms. The Morgan fingerprint density at radius 3 is 2.53 bits per heavy atom. The van der Waals surface area contributed by atoms with Gasteiger partial charge in [0.05, 0.1) is 6.61 Å². The fourth-order valence-electron chi connectivity index (χ4n) is 1.13. The lowest BCUT2D eigenvalue weighted by Crippen LogP contribution is -2.19. The Kier molecular flexibility index (Phi) is 4.74. The van der Waals surface area contributed by atoms with E-state index >= 15 is 0 Å². The summed E-state index contributed by atoms with van der Waals surface area (Å²) in [6, 6.07) is 4.58. The van der Waals surface area contributed by atoms with Gasteiger partial charge >= 0.3 is 6.18 Å². The Morgan fingerprint density at radius 2 is 1.88 bits per heavy atom. The molecule has 0 saturated carbocycles. The zero-order valence-electron chi connectivity index (χ0n) is 9.18. The van der Waals surface area contributed by atoms with Crippen LogP contribution in [-0.4, -0.2) is 26.0 Å². The lowest BCUT2D eigenvalue weighted by atomic mass is 10.2. The number of rotatable bonds is 5. The third-order valence-electron chi connectivity index (χ3n) is 1.91. The van der Waals surface area contributed by atoms with Crippen LogP contribution in [0.1, 0.15) is 5.56 Å². The van der Waals surface area contributed by atoms with Crippen molar-refractivity contribution in [1.29, 1.82) is 0 Å².